The Morgan fingerprint density at radius 2 is 1.67 bits per heavy atom. The largest absolute Gasteiger partial charge is 0.334 e. The monoisotopic (exact) mass is 374 g/mol. The highest BCUT2D eigenvalue weighted by molar-refractivity contribution is 6.45. The van der Waals surface area contributed by atoms with E-state index in [4.69, 9.17) is 0 Å². The summed E-state index contributed by atoms with van der Waals surface area (Å²) in [6.45, 7) is 5.11. The summed E-state index contributed by atoms with van der Waals surface area (Å²) in [5.74, 6) is -2.90. The Labute approximate surface area is 156 Å². The first-order valence-corrected chi connectivity index (χ1v) is 8.60. The Kier molecular flexibility index (Phi) is 6.27. The second kappa shape index (κ2) is 8.43. The molecule has 1 aliphatic rings. The maximum Gasteiger partial charge on any atom is 0.334 e. The van der Waals surface area contributed by atoms with Crippen molar-refractivity contribution in [3.05, 3.63) is 29.3 Å². The second-order valence-corrected chi connectivity index (χ2v) is 6.29. The first-order chi connectivity index (χ1) is 12.7. The summed E-state index contributed by atoms with van der Waals surface area (Å²) >= 11 is 0. The number of benzene rings is 1. The van der Waals surface area contributed by atoms with E-state index in [2.05, 4.69) is 5.32 Å². The maximum absolute atomic E-state index is 12.1. The first-order valence-electron chi connectivity index (χ1n) is 8.60. The first kappa shape index (κ1) is 20.1. The van der Waals surface area contributed by atoms with Gasteiger partial charge in [-0.05, 0) is 43.5 Å². The number of amides is 7. The van der Waals surface area contributed by atoms with Gasteiger partial charge in [0.15, 0.2) is 0 Å². The van der Waals surface area contributed by atoms with Crippen LogP contribution in [-0.2, 0) is 14.4 Å². The molecular weight excluding hydrogens is 352 g/mol. The molecule has 1 heterocycles. The Balaban J connectivity index is 1.93. The highest BCUT2D eigenvalue weighted by Crippen LogP contribution is 2.14. The molecule has 0 bridgehead atoms. The summed E-state index contributed by atoms with van der Waals surface area (Å²) in [5, 5.41) is 4.54. The van der Waals surface area contributed by atoms with Crippen molar-refractivity contribution in [3.8, 4) is 0 Å². The summed E-state index contributed by atoms with van der Waals surface area (Å²) in [6.07, 6.45) is 1.30. The SMILES string of the molecule is CCCCN1C(=O)C(=O)N(CC(=O)NC(=O)Nc2ccc(C)c(C)c2)C1=O. The molecule has 7 amide bonds. The van der Waals surface area contributed by atoms with E-state index in [1.54, 1.807) is 12.1 Å². The van der Waals surface area contributed by atoms with E-state index in [1.807, 2.05) is 32.2 Å². The number of anilines is 1. The molecule has 0 unspecified atom stereocenters. The lowest BCUT2D eigenvalue weighted by atomic mass is 10.1. The fourth-order valence-electron chi connectivity index (χ4n) is 2.49. The molecule has 27 heavy (non-hydrogen) atoms. The number of carbonyl (C=O) groups is 5. The standard InChI is InChI=1S/C18H22N4O5/c1-4-5-8-21-15(24)16(25)22(18(21)27)10-14(23)20-17(26)19-13-7-6-11(2)12(3)9-13/h6-7,9H,4-5,8,10H2,1-3H3,(H2,19,20,23,26). The smallest absolute Gasteiger partial charge is 0.308 e. The quantitative estimate of drug-likeness (QED) is 0.579. The fraction of sp³-hybridized carbons (Fsp3) is 0.389. The molecule has 144 valence electrons. The zero-order chi connectivity index (χ0) is 20.1. The van der Waals surface area contributed by atoms with Crippen LogP contribution in [0.3, 0.4) is 0 Å². The summed E-state index contributed by atoms with van der Waals surface area (Å²) < 4.78 is 0. The molecule has 0 saturated carbocycles. The van der Waals surface area contributed by atoms with Crippen LogP contribution in [0.15, 0.2) is 18.2 Å². The fourth-order valence-corrected chi connectivity index (χ4v) is 2.49. The summed E-state index contributed by atoms with van der Waals surface area (Å²) in [7, 11) is 0. The van der Waals surface area contributed by atoms with Crippen LogP contribution in [0.1, 0.15) is 30.9 Å². The van der Waals surface area contributed by atoms with E-state index in [-0.39, 0.29) is 6.54 Å². The molecule has 1 aliphatic heterocycles. The van der Waals surface area contributed by atoms with Crippen LogP contribution in [0.5, 0.6) is 0 Å². The summed E-state index contributed by atoms with van der Waals surface area (Å²) in [6, 6.07) is 3.62. The number of nitrogens with one attached hydrogen (secondary N) is 2. The van der Waals surface area contributed by atoms with Gasteiger partial charge in [0.1, 0.15) is 6.54 Å². The lowest BCUT2D eigenvalue weighted by Gasteiger charge is -2.15. The molecular formula is C18H22N4O5. The zero-order valence-corrected chi connectivity index (χ0v) is 15.5. The number of hydrogen-bond donors (Lipinski definition) is 2. The Hall–Kier alpha value is -3.23. The van der Waals surface area contributed by atoms with Crippen LogP contribution >= 0.6 is 0 Å². The number of hydrogen-bond acceptors (Lipinski definition) is 5. The second-order valence-electron chi connectivity index (χ2n) is 6.29. The highest BCUT2D eigenvalue weighted by atomic mass is 16.2. The van der Waals surface area contributed by atoms with Gasteiger partial charge in [-0.3, -0.25) is 24.6 Å². The topological polar surface area (TPSA) is 116 Å². The zero-order valence-electron chi connectivity index (χ0n) is 15.5. The number of imide groups is 3. The van der Waals surface area contributed by atoms with Crippen molar-refractivity contribution >= 4 is 35.5 Å². The van der Waals surface area contributed by atoms with Gasteiger partial charge in [-0.15, -0.1) is 0 Å². The van der Waals surface area contributed by atoms with Gasteiger partial charge < -0.3 is 5.32 Å². The predicted octanol–water partition coefficient (Wildman–Crippen LogP) is 1.54. The molecule has 0 spiro atoms. The van der Waals surface area contributed by atoms with Crippen LogP contribution in [-0.4, -0.2) is 52.7 Å². The minimum atomic E-state index is -1.07. The minimum Gasteiger partial charge on any atom is -0.308 e. The maximum atomic E-state index is 12.1. The number of aryl methyl sites for hydroxylation is 2. The van der Waals surface area contributed by atoms with Gasteiger partial charge in [0.05, 0.1) is 0 Å². The van der Waals surface area contributed by atoms with Gasteiger partial charge in [0.25, 0.3) is 0 Å². The number of urea groups is 2. The van der Waals surface area contributed by atoms with Gasteiger partial charge in [0.2, 0.25) is 5.91 Å². The van der Waals surface area contributed by atoms with Crippen molar-refractivity contribution in [2.45, 2.75) is 33.6 Å². The summed E-state index contributed by atoms with van der Waals surface area (Å²) in [5.41, 5.74) is 2.52. The van der Waals surface area contributed by atoms with E-state index < -0.39 is 36.3 Å². The third kappa shape index (κ3) is 4.69. The lowest BCUT2D eigenvalue weighted by molar-refractivity contribution is -0.143. The molecule has 9 nitrogen and oxygen atoms in total. The van der Waals surface area contributed by atoms with Gasteiger partial charge in [-0.25, -0.2) is 14.5 Å². The lowest BCUT2D eigenvalue weighted by Crippen LogP contribution is -2.44. The molecule has 1 aromatic rings. The molecule has 0 atom stereocenters. The molecule has 9 heteroatoms. The van der Waals surface area contributed by atoms with Crippen molar-refractivity contribution in [1.82, 2.24) is 15.1 Å². The third-order valence-electron chi connectivity index (χ3n) is 4.19. The van der Waals surface area contributed by atoms with Crippen LogP contribution in [0, 0.1) is 13.8 Å². The minimum absolute atomic E-state index is 0.116. The van der Waals surface area contributed by atoms with Crippen LogP contribution in [0.4, 0.5) is 15.3 Å². The molecule has 2 rings (SSSR count). The Morgan fingerprint density at radius 1 is 1.00 bits per heavy atom. The van der Waals surface area contributed by atoms with E-state index >= 15 is 0 Å². The molecule has 1 saturated heterocycles. The average Bonchev–Trinajstić information content (AvgIpc) is 2.80. The Morgan fingerprint density at radius 3 is 2.30 bits per heavy atom. The van der Waals surface area contributed by atoms with E-state index in [1.165, 1.54) is 0 Å². The van der Waals surface area contributed by atoms with Crippen molar-refractivity contribution in [2.75, 3.05) is 18.4 Å². The Bertz CT molecular complexity index is 805. The van der Waals surface area contributed by atoms with Crippen molar-refractivity contribution in [3.63, 3.8) is 0 Å². The third-order valence-corrected chi connectivity index (χ3v) is 4.19. The van der Waals surface area contributed by atoms with Crippen LogP contribution in [0.2, 0.25) is 0 Å². The predicted molar refractivity (Wildman–Crippen MR) is 96.8 cm³/mol. The van der Waals surface area contributed by atoms with Crippen LogP contribution < -0.4 is 10.6 Å². The van der Waals surface area contributed by atoms with E-state index in [0.29, 0.717) is 17.0 Å². The number of carbonyl (C=O) groups excluding carboxylic acids is 5. The van der Waals surface area contributed by atoms with Gasteiger partial charge in [-0.2, -0.15) is 0 Å². The molecule has 0 aliphatic carbocycles. The highest BCUT2D eigenvalue weighted by Gasteiger charge is 2.44. The molecule has 0 radical (unpaired) electrons. The van der Waals surface area contributed by atoms with Crippen LogP contribution in [0.25, 0.3) is 0 Å². The molecule has 0 aromatic heterocycles. The van der Waals surface area contributed by atoms with Crippen molar-refractivity contribution in [2.24, 2.45) is 0 Å². The summed E-state index contributed by atoms with van der Waals surface area (Å²) in [4.78, 5) is 61.1. The molecule has 2 N–H and O–H groups in total. The molecule has 1 aromatic carbocycles. The normalized spacial score (nSPS) is 14.0. The molecule has 1 fully saturated rings. The van der Waals surface area contributed by atoms with Gasteiger partial charge in [0, 0.05) is 12.2 Å². The van der Waals surface area contributed by atoms with Crippen molar-refractivity contribution < 1.29 is 24.0 Å². The van der Waals surface area contributed by atoms with Crippen molar-refractivity contribution in [1.29, 1.82) is 0 Å². The number of rotatable bonds is 6. The van der Waals surface area contributed by atoms with Gasteiger partial charge >= 0.3 is 23.9 Å². The van der Waals surface area contributed by atoms with E-state index in [0.717, 1.165) is 22.4 Å². The number of nitrogens with zero attached hydrogens (tertiary/aromatic N) is 2. The van der Waals surface area contributed by atoms with E-state index in [9.17, 15) is 24.0 Å². The van der Waals surface area contributed by atoms with Gasteiger partial charge in [-0.1, -0.05) is 19.4 Å². The number of unbranched alkanes of at least 4 members (excludes halogenated alkanes) is 1. The average molecular weight is 374 g/mol.